The van der Waals surface area contributed by atoms with Crippen molar-refractivity contribution in [3.05, 3.63) is 29.8 Å². The predicted octanol–water partition coefficient (Wildman–Crippen LogP) is 3.02. The molecule has 0 spiro atoms. The van der Waals surface area contributed by atoms with E-state index in [0.29, 0.717) is 6.54 Å². The lowest BCUT2D eigenvalue weighted by Crippen LogP contribution is -2.46. The van der Waals surface area contributed by atoms with Gasteiger partial charge in [-0.15, -0.1) is 0 Å². The number of likely N-dealkylation sites (N-methyl/N-ethyl adjacent to an activating group) is 1. The number of nitrogens with one attached hydrogen (secondary N) is 1. The summed E-state index contributed by atoms with van der Waals surface area (Å²) in [5.74, 6) is 0.0934. The zero-order chi connectivity index (χ0) is 16.8. The van der Waals surface area contributed by atoms with Gasteiger partial charge in [0.25, 0.3) is 0 Å². The molecule has 0 heterocycles. The SMILES string of the molecule is CCC(C)(C)NC(=O)CN(C)Cc1ccc(OC(F)F)cc1. The summed E-state index contributed by atoms with van der Waals surface area (Å²) in [6.07, 6.45) is 0.855. The van der Waals surface area contributed by atoms with Gasteiger partial charge in [-0.1, -0.05) is 19.1 Å². The molecule has 0 fully saturated rings. The van der Waals surface area contributed by atoms with Gasteiger partial charge in [0.15, 0.2) is 0 Å². The second kappa shape index (κ2) is 8.08. The van der Waals surface area contributed by atoms with E-state index in [9.17, 15) is 13.6 Å². The van der Waals surface area contributed by atoms with Crippen LogP contribution in [0.5, 0.6) is 5.75 Å². The van der Waals surface area contributed by atoms with Crippen molar-refractivity contribution in [2.24, 2.45) is 0 Å². The fraction of sp³-hybridized carbons (Fsp3) is 0.562. The minimum absolute atomic E-state index is 0.0352. The maximum Gasteiger partial charge on any atom is 0.387 e. The van der Waals surface area contributed by atoms with Crippen LogP contribution in [0.15, 0.2) is 24.3 Å². The smallest absolute Gasteiger partial charge is 0.387 e. The highest BCUT2D eigenvalue weighted by atomic mass is 19.3. The van der Waals surface area contributed by atoms with Crippen molar-refractivity contribution in [1.82, 2.24) is 10.2 Å². The summed E-state index contributed by atoms with van der Waals surface area (Å²) in [6.45, 7) is 3.99. The first kappa shape index (κ1) is 18.4. The predicted molar refractivity (Wildman–Crippen MR) is 81.9 cm³/mol. The number of hydrogen-bond donors (Lipinski definition) is 1. The van der Waals surface area contributed by atoms with Gasteiger partial charge in [-0.25, -0.2) is 0 Å². The van der Waals surface area contributed by atoms with Gasteiger partial charge >= 0.3 is 6.61 Å². The molecule has 0 aliphatic carbocycles. The van der Waals surface area contributed by atoms with E-state index in [1.807, 2.05) is 32.7 Å². The molecule has 1 N–H and O–H groups in total. The van der Waals surface area contributed by atoms with Crippen LogP contribution in [0.3, 0.4) is 0 Å². The fourth-order valence-corrected chi connectivity index (χ4v) is 1.89. The first-order valence-electron chi connectivity index (χ1n) is 7.25. The summed E-state index contributed by atoms with van der Waals surface area (Å²) in [7, 11) is 1.84. The zero-order valence-corrected chi connectivity index (χ0v) is 13.5. The number of ether oxygens (including phenoxy) is 1. The number of amides is 1. The Balaban J connectivity index is 2.47. The van der Waals surface area contributed by atoms with E-state index in [1.54, 1.807) is 12.1 Å². The lowest BCUT2D eigenvalue weighted by Gasteiger charge is -2.26. The number of hydrogen-bond acceptors (Lipinski definition) is 3. The van der Waals surface area contributed by atoms with Crippen LogP contribution in [0.2, 0.25) is 0 Å². The van der Waals surface area contributed by atoms with E-state index in [4.69, 9.17) is 0 Å². The third-order valence-electron chi connectivity index (χ3n) is 3.38. The molecule has 0 aliphatic heterocycles. The van der Waals surface area contributed by atoms with E-state index in [2.05, 4.69) is 10.1 Å². The summed E-state index contributed by atoms with van der Waals surface area (Å²) < 4.78 is 28.4. The van der Waals surface area contributed by atoms with Gasteiger partial charge in [0, 0.05) is 12.1 Å². The van der Waals surface area contributed by atoms with Crippen LogP contribution in [0, 0.1) is 0 Å². The first-order chi connectivity index (χ1) is 10.2. The van der Waals surface area contributed by atoms with Crippen LogP contribution in [-0.4, -0.2) is 36.5 Å². The number of carbonyl (C=O) groups excluding carboxylic acids is 1. The normalized spacial score (nSPS) is 11.8. The van der Waals surface area contributed by atoms with Crippen molar-refractivity contribution in [3.63, 3.8) is 0 Å². The number of nitrogens with zero attached hydrogens (tertiary/aromatic N) is 1. The van der Waals surface area contributed by atoms with Gasteiger partial charge in [-0.2, -0.15) is 8.78 Å². The minimum Gasteiger partial charge on any atom is -0.435 e. The molecule has 0 saturated heterocycles. The van der Waals surface area contributed by atoms with E-state index in [0.717, 1.165) is 12.0 Å². The average Bonchev–Trinajstić information content (AvgIpc) is 2.39. The van der Waals surface area contributed by atoms with Gasteiger partial charge in [0.2, 0.25) is 5.91 Å². The van der Waals surface area contributed by atoms with Gasteiger partial charge in [-0.3, -0.25) is 9.69 Å². The van der Waals surface area contributed by atoms with Crippen LogP contribution in [0.25, 0.3) is 0 Å². The van der Waals surface area contributed by atoms with Crippen LogP contribution in [0.1, 0.15) is 32.8 Å². The molecule has 124 valence electrons. The number of halogens is 2. The van der Waals surface area contributed by atoms with E-state index in [1.165, 1.54) is 12.1 Å². The number of carbonyl (C=O) groups is 1. The lowest BCUT2D eigenvalue weighted by molar-refractivity contribution is -0.123. The Morgan fingerprint density at radius 1 is 1.32 bits per heavy atom. The maximum atomic E-state index is 12.1. The highest BCUT2D eigenvalue weighted by molar-refractivity contribution is 5.78. The molecule has 0 radical (unpaired) electrons. The minimum atomic E-state index is -2.82. The summed E-state index contributed by atoms with van der Waals surface area (Å²) in [5, 5.41) is 2.97. The monoisotopic (exact) mass is 314 g/mol. The Hall–Kier alpha value is -1.69. The average molecular weight is 314 g/mol. The third kappa shape index (κ3) is 6.85. The molecule has 4 nitrogen and oxygen atoms in total. The van der Waals surface area contributed by atoms with Crippen molar-refractivity contribution in [2.45, 2.75) is 45.9 Å². The Morgan fingerprint density at radius 2 is 1.91 bits per heavy atom. The van der Waals surface area contributed by atoms with Crippen molar-refractivity contribution in [1.29, 1.82) is 0 Å². The molecule has 1 rings (SSSR count). The molecule has 0 aromatic heterocycles. The molecule has 22 heavy (non-hydrogen) atoms. The molecule has 1 amide bonds. The Kier molecular flexibility index (Phi) is 6.74. The highest BCUT2D eigenvalue weighted by Crippen LogP contribution is 2.15. The molecule has 1 aromatic rings. The Labute approximate surface area is 130 Å². The number of rotatable bonds is 8. The van der Waals surface area contributed by atoms with Gasteiger partial charge in [0.1, 0.15) is 5.75 Å². The quantitative estimate of drug-likeness (QED) is 0.802. The summed E-state index contributed by atoms with van der Waals surface area (Å²) >= 11 is 0. The van der Waals surface area contributed by atoms with E-state index >= 15 is 0 Å². The van der Waals surface area contributed by atoms with Crippen molar-refractivity contribution >= 4 is 5.91 Å². The largest absolute Gasteiger partial charge is 0.435 e. The van der Waals surface area contributed by atoms with Crippen LogP contribution >= 0.6 is 0 Å². The molecule has 0 aliphatic rings. The Morgan fingerprint density at radius 3 is 2.41 bits per heavy atom. The van der Waals surface area contributed by atoms with Crippen molar-refractivity contribution in [2.75, 3.05) is 13.6 Å². The van der Waals surface area contributed by atoms with Crippen LogP contribution in [0.4, 0.5) is 8.78 Å². The van der Waals surface area contributed by atoms with Crippen LogP contribution < -0.4 is 10.1 Å². The Bertz CT molecular complexity index is 476. The molecule has 0 atom stereocenters. The molecule has 0 unspecified atom stereocenters. The standard InChI is InChI=1S/C16H24F2N2O2/c1-5-16(2,3)19-14(21)11-20(4)10-12-6-8-13(9-7-12)22-15(17)18/h6-9,15H,5,10-11H2,1-4H3,(H,19,21). The molecule has 6 heteroatoms. The number of benzene rings is 1. The molecular weight excluding hydrogens is 290 g/mol. The fourth-order valence-electron chi connectivity index (χ4n) is 1.89. The van der Waals surface area contributed by atoms with Crippen molar-refractivity contribution < 1.29 is 18.3 Å². The summed E-state index contributed by atoms with van der Waals surface area (Å²) in [5.41, 5.74) is 0.707. The van der Waals surface area contributed by atoms with Crippen molar-refractivity contribution in [3.8, 4) is 5.75 Å². The highest BCUT2D eigenvalue weighted by Gasteiger charge is 2.18. The van der Waals surface area contributed by atoms with E-state index < -0.39 is 6.61 Å². The van der Waals surface area contributed by atoms with Gasteiger partial charge < -0.3 is 10.1 Å². The first-order valence-corrected chi connectivity index (χ1v) is 7.25. The lowest BCUT2D eigenvalue weighted by atomic mass is 10.0. The molecule has 1 aromatic carbocycles. The van der Waals surface area contributed by atoms with Gasteiger partial charge in [0.05, 0.1) is 6.54 Å². The summed E-state index contributed by atoms with van der Waals surface area (Å²) in [4.78, 5) is 13.8. The zero-order valence-electron chi connectivity index (χ0n) is 13.5. The molecule has 0 bridgehead atoms. The maximum absolute atomic E-state index is 12.1. The topological polar surface area (TPSA) is 41.6 Å². The third-order valence-corrected chi connectivity index (χ3v) is 3.38. The number of alkyl halides is 2. The molecule has 0 saturated carbocycles. The second-order valence-electron chi connectivity index (χ2n) is 5.98. The van der Waals surface area contributed by atoms with Gasteiger partial charge in [-0.05, 0) is 45.0 Å². The molecular formula is C16H24F2N2O2. The summed E-state index contributed by atoms with van der Waals surface area (Å²) in [6, 6.07) is 6.41. The second-order valence-corrected chi connectivity index (χ2v) is 5.98. The van der Waals surface area contributed by atoms with Crippen LogP contribution in [-0.2, 0) is 11.3 Å². The van der Waals surface area contributed by atoms with E-state index in [-0.39, 0.29) is 23.7 Å².